The summed E-state index contributed by atoms with van der Waals surface area (Å²) in [5.74, 6) is 0.611. The molecule has 0 bridgehead atoms. The zero-order valence-corrected chi connectivity index (χ0v) is 16.1. The maximum atomic E-state index is 12.4. The predicted molar refractivity (Wildman–Crippen MR) is 111 cm³/mol. The summed E-state index contributed by atoms with van der Waals surface area (Å²) in [5.41, 5.74) is 2.00. The summed E-state index contributed by atoms with van der Waals surface area (Å²) in [4.78, 5) is 29.3. The van der Waals surface area contributed by atoms with Crippen LogP contribution in [0.15, 0.2) is 64.2 Å². The number of nitrogens with zero attached hydrogens (tertiary/aromatic N) is 2. The van der Waals surface area contributed by atoms with Crippen LogP contribution in [0.4, 0.5) is 5.82 Å². The van der Waals surface area contributed by atoms with Gasteiger partial charge in [-0.25, -0.2) is 4.79 Å². The van der Waals surface area contributed by atoms with Gasteiger partial charge in [-0.1, -0.05) is 60.1 Å². The summed E-state index contributed by atoms with van der Waals surface area (Å²) in [6, 6.07) is 17.7. The van der Waals surface area contributed by atoms with E-state index in [0.717, 1.165) is 11.1 Å². The molecule has 0 amide bonds. The zero-order valence-electron chi connectivity index (χ0n) is 15.3. The SMILES string of the molecule is O=c1[nH]c(=O)n(CCc2ccccc2)c2c1CN(Cc1ccccc1Cl)CN2. The molecule has 3 aromatic rings. The molecule has 1 aromatic heterocycles. The van der Waals surface area contributed by atoms with Crippen LogP contribution in [0, 0.1) is 0 Å². The van der Waals surface area contributed by atoms with Gasteiger partial charge in [0.2, 0.25) is 0 Å². The standard InChI is InChI=1S/C21H21ClN4O2/c22-18-9-5-4-8-16(18)12-25-13-17-19(23-14-25)26(21(28)24-20(17)27)11-10-15-6-2-1-3-7-15/h1-9,23H,10-14H2,(H,24,27,28). The molecule has 2 aromatic carbocycles. The first-order valence-electron chi connectivity index (χ1n) is 9.21. The van der Waals surface area contributed by atoms with Crippen LogP contribution in [0.1, 0.15) is 16.7 Å². The van der Waals surface area contributed by atoms with E-state index in [0.29, 0.717) is 49.1 Å². The Hall–Kier alpha value is -2.83. The number of benzene rings is 2. The van der Waals surface area contributed by atoms with Crippen LogP contribution in [0.25, 0.3) is 0 Å². The topological polar surface area (TPSA) is 70.1 Å². The zero-order chi connectivity index (χ0) is 19.5. The number of aromatic nitrogens is 2. The second kappa shape index (κ2) is 8.04. The minimum absolute atomic E-state index is 0.340. The molecule has 4 rings (SSSR count). The van der Waals surface area contributed by atoms with Crippen molar-refractivity contribution in [3.05, 3.63) is 97.1 Å². The maximum Gasteiger partial charge on any atom is 0.329 e. The highest BCUT2D eigenvalue weighted by Gasteiger charge is 2.23. The van der Waals surface area contributed by atoms with Crippen molar-refractivity contribution in [3.8, 4) is 0 Å². The van der Waals surface area contributed by atoms with Crippen molar-refractivity contribution in [2.24, 2.45) is 0 Å². The molecule has 0 fully saturated rings. The fraction of sp³-hybridized carbons (Fsp3) is 0.238. The monoisotopic (exact) mass is 396 g/mol. The number of fused-ring (bicyclic) bond motifs is 1. The van der Waals surface area contributed by atoms with Crippen LogP contribution >= 0.6 is 11.6 Å². The molecule has 0 atom stereocenters. The lowest BCUT2D eigenvalue weighted by molar-refractivity contribution is 0.262. The molecule has 6 nitrogen and oxygen atoms in total. The van der Waals surface area contributed by atoms with Gasteiger partial charge in [-0.15, -0.1) is 0 Å². The van der Waals surface area contributed by atoms with E-state index in [-0.39, 0.29) is 11.2 Å². The van der Waals surface area contributed by atoms with Gasteiger partial charge in [-0.3, -0.25) is 19.2 Å². The van der Waals surface area contributed by atoms with E-state index in [9.17, 15) is 9.59 Å². The minimum Gasteiger partial charge on any atom is -0.358 e. The van der Waals surface area contributed by atoms with Crippen LogP contribution in [0.3, 0.4) is 0 Å². The van der Waals surface area contributed by atoms with Crippen molar-refractivity contribution in [2.45, 2.75) is 26.1 Å². The lowest BCUT2D eigenvalue weighted by Gasteiger charge is -2.31. The number of hydrogen-bond acceptors (Lipinski definition) is 4. The van der Waals surface area contributed by atoms with Gasteiger partial charge in [-0.2, -0.15) is 0 Å². The summed E-state index contributed by atoms with van der Waals surface area (Å²) in [6.45, 7) is 2.11. The van der Waals surface area contributed by atoms with Crippen LogP contribution < -0.4 is 16.6 Å². The molecule has 2 heterocycles. The van der Waals surface area contributed by atoms with Crippen LogP contribution in [-0.2, 0) is 26.1 Å². The van der Waals surface area contributed by atoms with E-state index in [1.54, 1.807) is 4.57 Å². The molecular weight excluding hydrogens is 376 g/mol. The first-order chi connectivity index (χ1) is 13.6. The quantitative estimate of drug-likeness (QED) is 0.695. The average molecular weight is 397 g/mol. The number of rotatable bonds is 5. The lowest BCUT2D eigenvalue weighted by Crippen LogP contribution is -2.43. The Labute approximate surface area is 167 Å². The highest BCUT2D eigenvalue weighted by molar-refractivity contribution is 6.31. The van der Waals surface area contributed by atoms with E-state index >= 15 is 0 Å². The summed E-state index contributed by atoms with van der Waals surface area (Å²) >= 11 is 6.26. The first-order valence-corrected chi connectivity index (χ1v) is 9.59. The van der Waals surface area contributed by atoms with Crippen molar-refractivity contribution in [1.29, 1.82) is 0 Å². The van der Waals surface area contributed by atoms with E-state index in [2.05, 4.69) is 15.2 Å². The second-order valence-electron chi connectivity index (χ2n) is 6.89. The van der Waals surface area contributed by atoms with Crippen molar-refractivity contribution < 1.29 is 0 Å². The van der Waals surface area contributed by atoms with Gasteiger partial charge in [0, 0.05) is 24.7 Å². The molecule has 2 N–H and O–H groups in total. The molecule has 1 aliphatic rings. The Kier molecular flexibility index (Phi) is 5.32. The molecule has 0 saturated heterocycles. The number of anilines is 1. The molecule has 28 heavy (non-hydrogen) atoms. The van der Waals surface area contributed by atoms with Crippen LogP contribution in [0.2, 0.25) is 5.02 Å². The third-order valence-corrected chi connectivity index (χ3v) is 5.33. The number of halogens is 1. The molecule has 7 heteroatoms. The normalized spacial score (nSPS) is 13.8. The van der Waals surface area contributed by atoms with Gasteiger partial charge in [0.05, 0.1) is 12.2 Å². The molecule has 0 radical (unpaired) electrons. The Balaban J connectivity index is 1.57. The Morgan fingerprint density at radius 1 is 1.00 bits per heavy atom. The minimum atomic E-state index is -0.383. The molecule has 144 valence electrons. The van der Waals surface area contributed by atoms with Gasteiger partial charge >= 0.3 is 5.69 Å². The van der Waals surface area contributed by atoms with Crippen LogP contribution in [0.5, 0.6) is 0 Å². The van der Waals surface area contributed by atoms with Crippen LogP contribution in [-0.4, -0.2) is 21.1 Å². The summed E-state index contributed by atoms with van der Waals surface area (Å²) in [6.07, 6.45) is 0.713. The Bertz CT molecular complexity index is 1090. The van der Waals surface area contributed by atoms with Crippen molar-refractivity contribution >= 4 is 17.4 Å². The number of aromatic amines is 1. The Morgan fingerprint density at radius 3 is 2.54 bits per heavy atom. The predicted octanol–water partition coefficient (Wildman–Crippen LogP) is 2.82. The second-order valence-corrected chi connectivity index (χ2v) is 7.29. The van der Waals surface area contributed by atoms with Gasteiger partial charge in [0.15, 0.2) is 0 Å². The number of aryl methyl sites for hydroxylation is 1. The van der Waals surface area contributed by atoms with Gasteiger partial charge in [-0.05, 0) is 23.6 Å². The van der Waals surface area contributed by atoms with Gasteiger partial charge < -0.3 is 5.32 Å². The maximum absolute atomic E-state index is 12.4. The lowest BCUT2D eigenvalue weighted by atomic mass is 10.1. The van der Waals surface area contributed by atoms with Crippen molar-refractivity contribution in [2.75, 3.05) is 12.0 Å². The van der Waals surface area contributed by atoms with E-state index in [1.807, 2.05) is 54.6 Å². The fourth-order valence-corrected chi connectivity index (χ4v) is 3.70. The highest BCUT2D eigenvalue weighted by Crippen LogP contribution is 2.22. The molecular formula is C21H21ClN4O2. The first kappa shape index (κ1) is 18.5. The summed E-state index contributed by atoms with van der Waals surface area (Å²) < 4.78 is 1.62. The van der Waals surface area contributed by atoms with E-state index < -0.39 is 0 Å². The number of hydrogen-bond donors (Lipinski definition) is 2. The summed E-state index contributed by atoms with van der Waals surface area (Å²) in [7, 11) is 0. The van der Waals surface area contributed by atoms with Crippen molar-refractivity contribution in [3.63, 3.8) is 0 Å². The number of nitrogens with one attached hydrogen (secondary N) is 2. The highest BCUT2D eigenvalue weighted by atomic mass is 35.5. The number of H-pyrrole nitrogens is 1. The third-order valence-electron chi connectivity index (χ3n) is 4.97. The fourth-order valence-electron chi connectivity index (χ4n) is 3.51. The van der Waals surface area contributed by atoms with Gasteiger partial charge in [0.25, 0.3) is 5.56 Å². The summed E-state index contributed by atoms with van der Waals surface area (Å²) in [5, 5.41) is 3.97. The molecule has 0 spiro atoms. The Morgan fingerprint density at radius 2 is 1.75 bits per heavy atom. The molecule has 0 unspecified atom stereocenters. The van der Waals surface area contributed by atoms with Gasteiger partial charge in [0.1, 0.15) is 5.82 Å². The largest absolute Gasteiger partial charge is 0.358 e. The third kappa shape index (κ3) is 3.88. The molecule has 0 saturated carbocycles. The van der Waals surface area contributed by atoms with Crippen molar-refractivity contribution in [1.82, 2.24) is 14.5 Å². The molecule has 0 aliphatic carbocycles. The average Bonchev–Trinajstić information content (AvgIpc) is 2.70. The van der Waals surface area contributed by atoms with E-state index in [4.69, 9.17) is 11.6 Å². The molecule has 1 aliphatic heterocycles. The van der Waals surface area contributed by atoms with E-state index in [1.165, 1.54) is 0 Å². The smallest absolute Gasteiger partial charge is 0.329 e.